The lowest BCUT2D eigenvalue weighted by atomic mass is 9.82. The molecule has 0 radical (unpaired) electrons. The van der Waals surface area contributed by atoms with Gasteiger partial charge in [0.25, 0.3) is 0 Å². The standard InChI is InChI=1S/C19H17NO3/c21-18(16-13-5-6-14(9-13)17(16)19(22)23)20-15-8-7-11-3-1-2-4-12(11)10-15/h1-8,10,13-14,16-17H,9H2,(H,20,21)(H,22,23)/t13-,14-,16+,17+/m0/s1. The van der Waals surface area contributed by atoms with E-state index >= 15 is 0 Å². The molecule has 1 saturated carbocycles. The molecule has 0 saturated heterocycles. The molecule has 2 aliphatic carbocycles. The van der Waals surface area contributed by atoms with Crippen molar-refractivity contribution in [2.45, 2.75) is 6.42 Å². The molecule has 2 aromatic rings. The van der Waals surface area contributed by atoms with Gasteiger partial charge >= 0.3 is 5.97 Å². The van der Waals surface area contributed by atoms with Crippen LogP contribution in [-0.4, -0.2) is 17.0 Å². The summed E-state index contributed by atoms with van der Waals surface area (Å²) in [5, 5.41) is 14.5. The molecular weight excluding hydrogens is 290 g/mol. The molecule has 1 fully saturated rings. The van der Waals surface area contributed by atoms with Crippen molar-refractivity contribution in [1.29, 1.82) is 0 Å². The van der Waals surface area contributed by atoms with Crippen molar-refractivity contribution < 1.29 is 14.7 Å². The summed E-state index contributed by atoms with van der Waals surface area (Å²) in [7, 11) is 0. The Kier molecular flexibility index (Phi) is 3.18. The van der Waals surface area contributed by atoms with Crippen LogP contribution in [0.25, 0.3) is 10.8 Å². The van der Waals surface area contributed by atoms with Crippen LogP contribution in [-0.2, 0) is 9.59 Å². The average Bonchev–Trinajstić information content (AvgIpc) is 3.15. The number of fused-ring (bicyclic) bond motifs is 3. The number of carbonyl (C=O) groups excluding carboxylic acids is 1. The second-order valence-electron chi connectivity index (χ2n) is 6.39. The monoisotopic (exact) mass is 307 g/mol. The van der Waals surface area contributed by atoms with E-state index in [-0.39, 0.29) is 17.7 Å². The molecule has 4 heteroatoms. The van der Waals surface area contributed by atoms with Gasteiger partial charge in [-0.05, 0) is 41.2 Å². The number of carboxylic acids is 1. The third-order valence-corrected chi connectivity index (χ3v) is 5.06. The van der Waals surface area contributed by atoms with Gasteiger partial charge in [-0.15, -0.1) is 0 Å². The van der Waals surface area contributed by atoms with Gasteiger partial charge in [0.05, 0.1) is 11.8 Å². The molecular formula is C19H17NO3. The maximum atomic E-state index is 12.6. The predicted molar refractivity (Wildman–Crippen MR) is 87.9 cm³/mol. The molecule has 4 nitrogen and oxygen atoms in total. The van der Waals surface area contributed by atoms with E-state index in [1.807, 2.05) is 54.6 Å². The number of nitrogens with one attached hydrogen (secondary N) is 1. The van der Waals surface area contributed by atoms with Gasteiger partial charge in [-0.25, -0.2) is 0 Å². The number of carboxylic acid groups (broad SMARTS) is 1. The van der Waals surface area contributed by atoms with E-state index in [4.69, 9.17) is 0 Å². The summed E-state index contributed by atoms with van der Waals surface area (Å²) in [5.41, 5.74) is 0.713. The highest BCUT2D eigenvalue weighted by Crippen LogP contribution is 2.48. The number of hydrogen-bond donors (Lipinski definition) is 2. The summed E-state index contributed by atoms with van der Waals surface area (Å²) in [6.07, 6.45) is 4.71. The zero-order chi connectivity index (χ0) is 16.0. The molecule has 0 spiro atoms. The molecule has 2 bridgehead atoms. The average molecular weight is 307 g/mol. The van der Waals surface area contributed by atoms with Crippen LogP contribution >= 0.6 is 0 Å². The second kappa shape index (κ2) is 5.23. The van der Waals surface area contributed by atoms with Crippen molar-refractivity contribution >= 4 is 28.3 Å². The van der Waals surface area contributed by atoms with Crippen LogP contribution in [0.5, 0.6) is 0 Å². The number of hydrogen-bond acceptors (Lipinski definition) is 2. The molecule has 4 atom stereocenters. The summed E-state index contributed by atoms with van der Waals surface area (Å²) in [6, 6.07) is 13.7. The van der Waals surface area contributed by atoms with Crippen LogP contribution in [0, 0.1) is 23.7 Å². The third-order valence-electron chi connectivity index (χ3n) is 5.06. The van der Waals surface area contributed by atoms with E-state index in [0.717, 1.165) is 17.2 Å². The molecule has 0 unspecified atom stereocenters. The van der Waals surface area contributed by atoms with Gasteiger partial charge in [-0.1, -0.05) is 42.5 Å². The minimum atomic E-state index is -0.875. The van der Waals surface area contributed by atoms with Crippen LogP contribution in [0.1, 0.15) is 6.42 Å². The Bertz CT molecular complexity index is 826. The predicted octanol–water partition coefficient (Wildman–Crippen LogP) is 3.30. The molecule has 2 aromatic carbocycles. The van der Waals surface area contributed by atoms with Gasteiger partial charge in [0.15, 0.2) is 0 Å². The minimum Gasteiger partial charge on any atom is -0.481 e. The number of aliphatic carboxylic acids is 1. The molecule has 2 N–H and O–H groups in total. The second-order valence-corrected chi connectivity index (χ2v) is 6.39. The Morgan fingerprint density at radius 2 is 1.65 bits per heavy atom. The number of anilines is 1. The van der Waals surface area contributed by atoms with Crippen LogP contribution in [0.4, 0.5) is 5.69 Å². The normalized spacial score (nSPS) is 28.2. The summed E-state index contributed by atoms with van der Waals surface area (Å²) < 4.78 is 0. The first kappa shape index (κ1) is 14.0. The van der Waals surface area contributed by atoms with Crippen molar-refractivity contribution in [3.8, 4) is 0 Å². The van der Waals surface area contributed by atoms with E-state index in [1.54, 1.807) is 0 Å². The lowest BCUT2D eigenvalue weighted by Gasteiger charge is -2.23. The summed E-state index contributed by atoms with van der Waals surface area (Å²) in [6.45, 7) is 0. The topological polar surface area (TPSA) is 66.4 Å². The first-order valence-electron chi connectivity index (χ1n) is 7.84. The van der Waals surface area contributed by atoms with Gasteiger partial charge in [0.1, 0.15) is 0 Å². The Labute approximate surface area is 133 Å². The van der Waals surface area contributed by atoms with E-state index in [1.165, 1.54) is 0 Å². The first-order valence-corrected chi connectivity index (χ1v) is 7.84. The fourth-order valence-electron chi connectivity index (χ4n) is 4.01. The van der Waals surface area contributed by atoms with Crippen molar-refractivity contribution in [3.63, 3.8) is 0 Å². The highest BCUT2D eigenvalue weighted by Gasteiger charge is 2.51. The molecule has 1 amide bonds. The molecule has 2 aliphatic rings. The summed E-state index contributed by atoms with van der Waals surface area (Å²) in [5.74, 6) is -2.11. The third kappa shape index (κ3) is 2.31. The molecule has 23 heavy (non-hydrogen) atoms. The van der Waals surface area contributed by atoms with E-state index in [2.05, 4.69) is 5.32 Å². The zero-order valence-corrected chi connectivity index (χ0v) is 12.5. The number of allylic oxidation sites excluding steroid dienone is 2. The van der Waals surface area contributed by atoms with Crippen molar-refractivity contribution in [2.24, 2.45) is 23.7 Å². The molecule has 4 rings (SSSR count). The van der Waals surface area contributed by atoms with E-state index < -0.39 is 17.8 Å². The Balaban J connectivity index is 1.59. The van der Waals surface area contributed by atoms with Crippen LogP contribution < -0.4 is 5.32 Å². The van der Waals surface area contributed by atoms with Crippen molar-refractivity contribution in [3.05, 3.63) is 54.6 Å². The molecule has 0 heterocycles. The van der Waals surface area contributed by atoms with Gasteiger partial charge in [0.2, 0.25) is 5.91 Å². The Morgan fingerprint density at radius 1 is 0.957 bits per heavy atom. The Morgan fingerprint density at radius 3 is 2.39 bits per heavy atom. The molecule has 116 valence electrons. The highest BCUT2D eigenvalue weighted by atomic mass is 16.4. The van der Waals surface area contributed by atoms with Crippen molar-refractivity contribution in [1.82, 2.24) is 0 Å². The number of rotatable bonds is 3. The fraction of sp³-hybridized carbons (Fsp3) is 0.263. The summed E-state index contributed by atoms with van der Waals surface area (Å²) >= 11 is 0. The van der Waals surface area contributed by atoms with E-state index in [9.17, 15) is 14.7 Å². The van der Waals surface area contributed by atoms with E-state index in [0.29, 0.717) is 5.69 Å². The van der Waals surface area contributed by atoms with Crippen molar-refractivity contribution in [2.75, 3.05) is 5.32 Å². The molecule has 0 aliphatic heterocycles. The molecule has 0 aromatic heterocycles. The fourth-order valence-corrected chi connectivity index (χ4v) is 4.01. The summed E-state index contributed by atoms with van der Waals surface area (Å²) in [4.78, 5) is 24.2. The number of carbonyl (C=O) groups is 2. The first-order chi connectivity index (χ1) is 11.1. The maximum Gasteiger partial charge on any atom is 0.307 e. The Hall–Kier alpha value is -2.62. The highest BCUT2D eigenvalue weighted by molar-refractivity contribution is 5.98. The zero-order valence-electron chi connectivity index (χ0n) is 12.5. The SMILES string of the molecule is O=C(O)[C@H]1[C@H](C(=O)Nc2ccc3ccccc3c2)[C@H]2C=C[C@H]1C2. The van der Waals surface area contributed by atoms with Gasteiger partial charge in [-0.2, -0.15) is 0 Å². The smallest absolute Gasteiger partial charge is 0.307 e. The van der Waals surface area contributed by atoms with Gasteiger partial charge in [0, 0.05) is 5.69 Å². The van der Waals surface area contributed by atoms with Gasteiger partial charge in [-0.3, -0.25) is 9.59 Å². The van der Waals surface area contributed by atoms with Crippen LogP contribution in [0.3, 0.4) is 0 Å². The lowest BCUT2D eigenvalue weighted by Crippen LogP contribution is -2.36. The number of amides is 1. The number of benzene rings is 2. The minimum absolute atomic E-state index is 0.00939. The lowest BCUT2D eigenvalue weighted by molar-refractivity contribution is -0.146. The van der Waals surface area contributed by atoms with Crippen LogP contribution in [0.15, 0.2) is 54.6 Å². The van der Waals surface area contributed by atoms with Gasteiger partial charge < -0.3 is 10.4 Å². The maximum absolute atomic E-state index is 12.6. The van der Waals surface area contributed by atoms with Crippen LogP contribution in [0.2, 0.25) is 0 Å². The quantitative estimate of drug-likeness (QED) is 0.855. The largest absolute Gasteiger partial charge is 0.481 e.